The lowest BCUT2D eigenvalue weighted by molar-refractivity contribution is 0.0950. The fourth-order valence-electron chi connectivity index (χ4n) is 3.27. The van der Waals surface area contributed by atoms with Gasteiger partial charge in [-0.05, 0) is 35.9 Å². The van der Waals surface area contributed by atoms with E-state index in [9.17, 15) is 13.2 Å². The van der Waals surface area contributed by atoms with E-state index < -0.39 is 9.84 Å². The minimum absolute atomic E-state index is 0.0104. The van der Waals surface area contributed by atoms with Crippen LogP contribution in [-0.2, 0) is 16.4 Å². The molecular weight excluding hydrogens is 420 g/mol. The summed E-state index contributed by atoms with van der Waals surface area (Å²) in [5.74, 6) is 0.342. The van der Waals surface area contributed by atoms with E-state index in [-0.39, 0.29) is 34.8 Å². The molecule has 0 spiro atoms. The predicted molar refractivity (Wildman–Crippen MR) is 110 cm³/mol. The number of para-hydroxylation sites is 1. The summed E-state index contributed by atoms with van der Waals surface area (Å²) in [5, 5.41) is 10.2. The van der Waals surface area contributed by atoms with Crippen molar-refractivity contribution in [3.05, 3.63) is 72.1 Å². The van der Waals surface area contributed by atoms with Crippen LogP contribution in [0.3, 0.4) is 0 Å². The first-order valence-electron chi connectivity index (χ1n) is 9.32. The Morgan fingerprint density at radius 3 is 2.77 bits per heavy atom. The molecule has 2 N–H and O–H groups in total. The number of hydrogen-bond donors (Lipinski definition) is 2. The van der Waals surface area contributed by atoms with Gasteiger partial charge in [0.1, 0.15) is 4.90 Å². The Hall–Kier alpha value is -3.92. The van der Waals surface area contributed by atoms with E-state index in [4.69, 9.17) is 9.47 Å². The number of carbonyl (C=O) groups excluding carboxylic acids is 1. The number of hydrogen-bond acceptors (Lipinski definition) is 7. The van der Waals surface area contributed by atoms with E-state index in [0.29, 0.717) is 17.0 Å². The molecule has 1 aliphatic heterocycles. The van der Waals surface area contributed by atoms with Gasteiger partial charge in [-0.1, -0.05) is 18.2 Å². The first kappa shape index (κ1) is 19.1. The molecule has 4 aromatic rings. The quantitative estimate of drug-likeness (QED) is 0.492. The van der Waals surface area contributed by atoms with Crippen LogP contribution >= 0.6 is 0 Å². The lowest BCUT2D eigenvalue weighted by Crippen LogP contribution is -2.22. The third-order valence-corrected chi connectivity index (χ3v) is 6.68. The van der Waals surface area contributed by atoms with Crippen molar-refractivity contribution in [2.24, 2.45) is 0 Å². The molecule has 10 heteroatoms. The zero-order valence-corrected chi connectivity index (χ0v) is 16.8. The van der Waals surface area contributed by atoms with Crippen LogP contribution in [0.25, 0.3) is 11.0 Å². The summed E-state index contributed by atoms with van der Waals surface area (Å²) in [6.45, 7) is 0.226. The van der Waals surface area contributed by atoms with Gasteiger partial charge in [-0.3, -0.25) is 9.89 Å². The lowest BCUT2D eigenvalue weighted by Gasteiger charge is -2.09. The second kappa shape index (κ2) is 7.40. The fourth-order valence-corrected chi connectivity index (χ4v) is 4.68. The lowest BCUT2D eigenvalue weighted by atomic mass is 10.2. The van der Waals surface area contributed by atoms with Gasteiger partial charge in [0.15, 0.2) is 17.1 Å². The summed E-state index contributed by atoms with van der Waals surface area (Å²) < 4.78 is 36.6. The third kappa shape index (κ3) is 3.46. The number of carbonyl (C=O) groups is 1. The number of pyridine rings is 1. The number of aromatic amines is 1. The average Bonchev–Trinajstić information content (AvgIpc) is 3.46. The van der Waals surface area contributed by atoms with Crippen LogP contribution in [0.15, 0.2) is 70.7 Å². The molecule has 2 aromatic heterocycles. The van der Waals surface area contributed by atoms with Gasteiger partial charge in [0, 0.05) is 18.1 Å². The van der Waals surface area contributed by atoms with Crippen molar-refractivity contribution in [3.63, 3.8) is 0 Å². The summed E-state index contributed by atoms with van der Waals surface area (Å²) in [4.78, 5) is 16.7. The summed E-state index contributed by atoms with van der Waals surface area (Å²) in [6.07, 6.45) is 3.06. The number of amides is 1. The molecule has 0 bridgehead atoms. The number of nitrogens with zero attached hydrogens (tertiary/aromatic N) is 2. The van der Waals surface area contributed by atoms with E-state index >= 15 is 0 Å². The molecule has 0 unspecified atom stereocenters. The van der Waals surface area contributed by atoms with Gasteiger partial charge in [-0.25, -0.2) is 13.4 Å². The van der Waals surface area contributed by atoms with Crippen LogP contribution in [0.4, 0.5) is 0 Å². The molecule has 0 atom stereocenters. The Morgan fingerprint density at radius 2 is 1.94 bits per heavy atom. The SMILES string of the molecule is O=C(NCc1ccc(S(=O)(=O)c2cccc3c2OCO3)cc1)c1cnc2[nH]ncc2c1. The molecule has 156 valence electrons. The normalized spacial score (nSPS) is 12.8. The standard InChI is InChI=1S/C21H16N4O5S/c26-21(15-8-14-11-24-25-20(14)22-10-15)23-9-13-4-6-16(7-5-13)31(27,28)18-3-1-2-17-19(18)30-12-29-17/h1-8,10-11H,9,12H2,(H,23,26)(H,22,24,25). The molecule has 2 aromatic carbocycles. The van der Waals surface area contributed by atoms with Gasteiger partial charge in [0.2, 0.25) is 16.6 Å². The van der Waals surface area contributed by atoms with E-state index in [2.05, 4.69) is 20.5 Å². The molecule has 0 saturated heterocycles. The molecule has 1 amide bonds. The molecule has 9 nitrogen and oxygen atoms in total. The maximum absolute atomic E-state index is 13.0. The number of sulfone groups is 1. The van der Waals surface area contributed by atoms with Crippen molar-refractivity contribution < 1.29 is 22.7 Å². The van der Waals surface area contributed by atoms with E-state index in [1.807, 2.05) is 0 Å². The highest BCUT2D eigenvalue weighted by Gasteiger charge is 2.27. The van der Waals surface area contributed by atoms with Gasteiger partial charge in [-0.15, -0.1) is 0 Å². The number of aromatic nitrogens is 3. The smallest absolute Gasteiger partial charge is 0.253 e. The maximum atomic E-state index is 13.0. The number of H-pyrrole nitrogens is 1. The first-order valence-corrected chi connectivity index (χ1v) is 10.8. The Balaban J connectivity index is 1.31. The summed E-state index contributed by atoms with van der Waals surface area (Å²) in [5.41, 5.74) is 1.77. The Morgan fingerprint density at radius 1 is 1.10 bits per heavy atom. The third-order valence-electron chi connectivity index (χ3n) is 4.89. The number of rotatable bonds is 5. The van der Waals surface area contributed by atoms with Crippen molar-refractivity contribution in [3.8, 4) is 11.5 Å². The van der Waals surface area contributed by atoms with Crippen LogP contribution in [0, 0.1) is 0 Å². The average molecular weight is 436 g/mol. The zero-order chi connectivity index (χ0) is 21.4. The maximum Gasteiger partial charge on any atom is 0.253 e. The molecule has 0 fully saturated rings. The number of nitrogens with one attached hydrogen (secondary N) is 2. The van der Waals surface area contributed by atoms with E-state index in [0.717, 1.165) is 10.9 Å². The van der Waals surface area contributed by atoms with Crippen molar-refractivity contribution in [2.45, 2.75) is 16.3 Å². The van der Waals surface area contributed by atoms with Crippen LogP contribution in [0.2, 0.25) is 0 Å². The molecule has 3 heterocycles. The molecule has 5 rings (SSSR count). The minimum Gasteiger partial charge on any atom is -0.454 e. The Bertz CT molecular complexity index is 1400. The van der Waals surface area contributed by atoms with Crippen molar-refractivity contribution in [1.82, 2.24) is 20.5 Å². The highest BCUT2D eigenvalue weighted by Crippen LogP contribution is 2.40. The molecule has 0 aliphatic carbocycles. The van der Waals surface area contributed by atoms with E-state index in [1.165, 1.54) is 24.4 Å². The molecule has 1 aliphatic rings. The van der Waals surface area contributed by atoms with Gasteiger partial charge < -0.3 is 14.8 Å². The molecular formula is C21H16N4O5S. The summed E-state index contributed by atoms with van der Waals surface area (Å²) in [6, 6.07) is 12.8. The second-order valence-electron chi connectivity index (χ2n) is 6.85. The molecule has 0 radical (unpaired) electrons. The highest BCUT2D eigenvalue weighted by atomic mass is 32.2. The predicted octanol–water partition coefficient (Wildman–Crippen LogP) is 2.45. The van der Waals surface area contributed by atoms with Crippen LogP contribution in [0.1, 0.15) is 15.9 Å². The van der Waals surface area contributed by atoms with Crippen molar-refractivity contribution in [2.75, 3.05) is 6.79 Å². The second-order valence-corrected chi connectivity index (χ2v) is 8.77. The summed E-state index contributed by atoms with van der Waals surface area (Å²) in [7, 11) is -3.78. The highest BCUT2D eigenvalue weighted by molar-refractivity contribution is 7.91. The van der Waals surface area contributed by atoms with Gasteiger partial charge in [-0.2, -0.15) is 5.10 Å². The fraction of sp³-hybridized carbons (Fsp3) is 0.0952. The topological polar surface area (TPSA) is 123 Å². The summed E-state index contributed by atoms with van der Waals surface area (Å²) >= 11 is 0. The Kier molecular flexibility index (Phi) is 4.55. The van der Waals surface area contributed by atoms with Crippen LogP contribution in [0.5, 0.6) is 11.5 Å². The zero-order valence-electron chi connectivity index (χ0n) is 16.0. The van der Waals surface area contributed by atoms with Gasteiger partial charge in [0.25, 0.3) is 5.91 Å². The number of benzene rings is 2. The minimum atomic E-state index is -3.78. The molecule has 31 heavy (non-hydrogen) atoms. The van der Waals surface area contributed by atoms with Gasteiger partial charge in [0.05, 0.1) is 16.7 Å². The van der Waals surface area contributed by atoms with Crippen molar-refractivity contribution in [1.29, 1.82) is 0 Å². The number of ether oxygens (including phenoxy) is 2. The van der Waals surface area contributed by atoms with Crippen LogP contribution in [-0.4, -0.2) is 36.3 Å². The van der Waals surface area contributed by atoms with Crippen molar-refractivity contribution >= 4 is 26.8 Å². The largest absolute Gasteiger partial charge is 0.454 e. The molecule has 0 saturated carbocycles. The monoisotopic (exact) mass is 436 g/mol. The van der Waals surface area contributed by atoms with E-state index in [1.54, 1.807) is 36.5 Å². The number of fused-ring (bicyclic) bond motifs is 2. The Labute approximate surface area is 176 Å². The van der Waals surface area contributed by atoms with Crippen LogP contribution < -0.4 is 14.8 Å². The first-order chi connectivity index (χ1) is 15.0. The van der Waals surface area contributed by atoms with Gasteiger partial charge >= 0.3 is 0 Å².